The van der Waals surface area contributed by atoms with Crippen LogP contribution in [0.25, 0.3) is 11.1 Å². The van der Waals surface area contributed by atoms with Crippen molar-refractivity contribution in [3.05, 3.63) is 111 Å². The molecule has 3 saturated heterocycles. The Morgan fingerprint density at radius 3 is 2.05 bits per heavy atom. The van der Waals surface area contributed by atoms with E-state index in [1.807, 2.05) is 37.4 Å². The molecular weight excluding hydrogens is 1060 g/mol. The van der Waals surface area contributed by atoms with Gasteiger partial charge in [0.15, 0.2) is 0 Å². The van der Waals surface area contributed by atoms with Gasteiger partial charge in [-0.1, -0.05) is 30.3 Å². The number of likely N-dealkylation sites (N-methyl/N-ethyl adjacent to an activating group) is 1. The zero-order valence-electron chi connectivity index (χ0n) is 45.8. The second kappa shape index (κ2) is 29.8. The fourth-order valence-electron chi connectivity index (χ4n) is 10.1. The number of amides is 5. The molecule has 21 nitrogen and oxygen atoms in total. The molecule has 0 radical (unpaired) electrons. The van der Waals surface area contributed by atoms with Crippen LogP contribution < -0.4 is 31.7 Å². The average Bonchev–Trinajstić information content (AvgIpc) is 4.07. The largest absolute Gasteiger partial charge is 0.417 e. The lowest BCUT2D eigenvalue weighted by Crippen LogP contribution is -2.52. The molecule has 8 rings (SSSR count). The first-order valence-corrected chi connectivity index (χ1v) is 27.6. The molecule has 1 atom stereocenters. The predicted octanol–water partition coefficient (Wildman–Crippen LogP) is 3.64. The number of alkyl halides is 3. The highest BCUT2D eigenvalue weighted by Crippen LogP contribution is 2.36. The van der Waals surface area contributed by atoms with Crippen LogP contribution in [0.3, 0.4) is 0 Å². The number of fused-ring (bicyclic) bond motifs is 1. The second-order valence-electron chi connectivity index (χ2n) is 20.2. The van der Waals surface area contributed by atoms with Gasteiger partial charge in [0.05, 0.1) is 88.6 Å². The van der Waals surface area contributed by atoms with Crippen LogP contribution in [0.1, 0.15) is 56.7 Å². The van der Waals surface area contributed by atoms with E-state index >= 15 is 0 Å². The summed E-state index contributed by atoms with van der Waals surface area (Å²) in [5.41, 5.74) is 3.09. The number of hydrogen-bond donors (Lipinski definition) is 5. The molecule has 5 heterocycles. The van der Waals surface area contributed by atoms with Crippen molar-refractivity contribution >= 4 is 46.6 Å². The van der Waals surface area contributed by atoms with Crippen molar-refractivity contribution in [3.8, 4) is 11.1 Å². The number of ether oxygens (including phenoxy) is 5. The molecule has 5 amide bonds. The number of aromatic nitrogens is 1. The highest BCUT2D eigenvalue weighted by Gasteiger charge is 2.40. The van der Waals surface area contributed by atoms with Crippen molar-refractivity contribution in [3.63, 3.8) is 0 Å². The summed E-state index contributed by atoms with van der Waals surface area (Å²) in [6, 6.07) is 18.9. The van der Waals surface area contributed by atoms with Gasteiger partial charge in [-0.3, -0.25) is 43.9 Å². The molecule has 0 spiro atoms. The van der Waals surface area contributed by atoms with Crippen molar-refractivity contribution in [1.82, 2.24) is 35.2 Å². The van der Waals surface area contributed by atoms with Crippen molar-refractivity contribution in [2.45, 2.75) is 44.6 Å². The van der Waals surface area contributed by atoms with E-state index in [0.29, 0.717) is 128 Å². The molecule has 438 valence electrons. The van der Waals surface area contributed by atoms with E-state index in [-0.39, 0.29) is 37.2 Å². The lowest BCUT2D eigenvalue weighted by Gasteiger charge is -2.35. The first-order chi connectivity index (χ1) is 39.2. The Labute approximate surface area is 468 Å². The monoisotopic (exact) mass is 1130 g/mol. The number of pyridine rings is 1. The molecule has 0 bridgehead atoms. The number of hydrogen-bond acceptors (Lipinski definition) is 16. The third-order valence-electron chi connectivity index (χ3n) is 14.6. The standard InChI is InChI=1S/C57H73F3N10O11/c1-66-16-22-69(23-17-66)49-9-8-42(35-48(49)64-54(74)44-37-63-53(73)36-46(44)57(58,59)60)41-5-2-4-40(34-41)38-68-20-18-67(19-21-68)15-13-62-51(71)12-24-77-26-28-79-30-32-81-33-31-80-29-27-78-25-14-61-47-7-3-6-43-45(47)39-70(56(43)76)50-10-11-52(72)65-55(50)75/h2-9,34-37,50,61H,10-33,38-39H2,1H3,(H,62,71)(H,63,73)(H,64,74)(H,65,72,75). The molecule has 5 N–H and O–H groups in total. The van der Waals surface area contributed by atoms with Crippen molar-refractivity contribution in [2.75, 3.05) is 161 Å². The lowest BCUT2D eigenvalue weighted by molar-refractivity contribution is -0.138. The minimum absolute atomic E-state index is 0.0743. The van der Waals surface area contributed by atoms with Gasteiger partial charge in [-0.15, -0.1) is 0 Å². The Balaban J connectivity index is 0.629. The molecule has 0 aliphatic carbocycles. The first kappa shape index (κ1) is 60.3. The van der Waals surface area contributed by atoms with Gasteiger partial charge >= 0.3 is 6.18 Å². The summed E-state index contributed by atoms with van der Waals surface area (Å²) in [5, 5.41) is 11.4. The van der Waals surface area contributed by atoms with E-state index in [9.17, 15) is 41.9 Å². The molecule has 24 heteroatoms. The van der Waals surface area contributed by atoms with Crippen LogP contribution in [0.5, 0.6) is 0 Å². The molecule has 4 aliphatic heterocycles. The van der Waals surface area contributed by atoms with Gasteiger partial charge in [-0.25, -0.2) is 0 Å². The highest BCUT2D eigenvalue weighted by atomic mass is 19.4. The van der Waals surface area contributed by atoms with E-state index in [1.54, 1.807) is 18.2 Å². The number of nitrogens with one attached hydrogen (secondary N) is 5. The van der Waals surface area contributed by atoms with E-state index in [4.69, 9.17) is 23.7 Å². The van der Waals surface area contributed by atoms with Crippen LogP contribution in [0.2, 0.25) is 0 Å². The normalized spacial score (nSPS) is 17.3. The topological polar surface area (TPSA) is 229 Å². The number of rotatable bonds is 29. The Bertz CT molecular complexity index is 2840. The van der Waals surface area contributed by atoms with Crippen molar-refractivity contribution < 1.29 is 60.8 Å². The SMILES string of the molecule is CN1CCN(c2ccc(-c3cccc(CN4CCN(CCNC(=O)CCOCCOCCOCCOCCOCCNc5cccc6c5CN(C5CCC(=O)NC5=O)C6=O)CC4)c3)cc2NC(=O)c2c[nH]c(=O)cc2C(F)(F)F)CC1. The van der Waals surface area contributed by atoms with Gasteiger partial charge in [-0.05, 0) is 60.5 Å². The number of aromatic amines is 1. The van der Waals surface area contributed by atoms with E-state index in [1.165, 1.54) is 4.90 Å². The summed E-state index contributed by atoms with van der Waals surface area (Å²) >= 11 is 0. The second-order valence-corrected chi connectivity index (χ2v) is 20.2. The fourth-order valence-corrected chi connectivity index (χ4v) is 10.1. The molecule has 3 aromatic carbocycles. The Hall–Kier alpha value is -6.77. The lowest BCUT2D eigenvalue weighted by atomic mass is 10.0. The minimum Gasteiger partial charge on any atom is -0.382 e. The van der Waals surface area contributed by atoms with Crippen LogP contribution in [-0.4, -0.2) is 205 Å². The Kier molecular flexibility index (Phi) is 22.2. The number of H-pyrrole nitrogens is 1. The predicted molar refractivity (Wildman–Crippen MR) is 296 cm³/mol. The molecule has 3 fully saturated rings. The van der Waals surface area contributed by atoms with Crippen LogP contribution in [0, 0.1) is 0 Å². The van der Waals surface area contributed by atoms with Gasteiger partial charge in [0, 0.05) is 127 Å². The number of anilines is 3. The van der Waals surface area contributed by atoms with E-state index < -0.39 is 40.7 Å². The molecule has 0 saturated carbocycles. The third-order valence-corrected chi connectivity index (χ3v) is 14.6. The smallest absolute Gasteiger partial charge is 0.382 e. The number of carbonyl (C=O) groups is 5. The maximum Gasteiger partial charge on any atom is 0.417 e. The number of nitrogens with zero attached hydrogens (tertiary/aromatic N) is 5. The Morgan fingerprint density at radius 2 is 1.36 bits per heavy atom. The first-order valence-electron chi connectivity index (χ1n) is 27.6. The highest BCUT2D eigenvalue weighted by molar-refractivity contribution is 6.08. The van der Waals surface area contributed by atoms with Gasteiger partial charge in [0.2, 0.25) is 23.3 Å². The third kappa shape index (κ3) is 17.6. The summed E-state index contributed by atoms with van der Waals surface area (Å²) < 4.78 is 69.7. The number of piperidine rings is 1. The summed E-state index contributed by atoms with van der Waals surface area (Å²) in [4.78, 5) is 87.5. The number of piperazine rings is 2. The van der Waals surface area contributed by atoms with Gasteiger partial charge in [-0.2, -0.15) is 13.2 Å². The van der Waals surface area contributed by atoms with Crippen LogP contribution >= 0.6 is 0 Å². The van der Waals surface area contributed by atoms with Crippen LogP contribution in [0.15, 0.2) is 77.7 Å². The maximum atomic E-state index is 13.9. The summed E-state index contributed by atoms with van der Waals surface area (Å²) in [5.74, 6) is -2.02. The Morgan fingerprint density at radius 1 is 0.704 bits per heavy atom. The van der Waals surface area contributed by atoms with Crippen LogP contribution in [-0.2, 0) is 57.3 Å². The van der Waals surface area contributed by atoms with Gasteiger partial charge < -0.3 is 59.3 Å². The molecule has 1 aromatic heterocycles. The number of imide groups is 1. The van der Waals surface area contributed by atoms with E-state index in [2.05, 4.69) is 58.0 Å². The van der Waals surface area contributed by atoms with Crippen molar-refractivity contribution in [2.24, 2.45) is 0 Å². The molecular formula is C57H73F3N10O11. The van der Waals surface area contributed by atoms with Gasteiger partial charge in [0.25, 0.3) is 11.8 Å². The minimum atomic E-state index is -4.90. The summed E-state index contributed by atoms with van der Waals surface area (Å²) in [6.07, 6.45) is -3.33. The van der Waals surface area contributed by atoms with Crippen LogP contribution in [0.4, 0.5) is 30.2 Å². The van der Waals surface area contributed by atoms with E-state index in [0.717, 1.165) is 80.0 Å². The number of halogens is 3. The fraction of sp³-hybridized carbons (Fsp3) is 0.509. The molecule has 4 aliphatic rings. The van der Waals surface area contributed by atoms with Gasteiger partial charge in [0.1, 0.15) is 6.04 Å². The summed E-state index contributed by atoms with van der Waals surface area (Å²) in [6.45, 7) is 13.0. The zero-order chi connectivity index (χ0) is 57.1. The molecule has 81 heavy (non-hydrogen) atoms. The number of benzene rings is 3. The number of carbonyl (C=O) groups excluding carboxylic acids is 5. The summed E-state index contributed by atoms with van der Waals surface area (Å²) in [7, 11) is 2.02. The molecule has 4 aromatic rings. The zero-order valence-corrected chi connectivity index (χ0v) is 45.8. The average molecular weight is 1130 g/mol. The maximum absolute atomic E-state index is 13.9. The van der Waals surface area contributed by atoms with Crippen molar-refractivity contribution in [1.29, 1.82) is 0 Å². The molecule has 1 unspecified atom stereocenters. The quantitative estimate of drug-likeness (QED) is 0.0386.